The van der Waals surface area contributed by atoms with Gasteiger partial charge in [0.1, 0.15) is 11.5 Å². The molecule has 0 aliphatic heterocycles. The zero-order valence-electron chi connectivity index (χ0n) is 7.54. The van der Waals surface area contributed by atoms with Crippen molar-refractivity contribution in [3.63, 3.8) is 0 Å². The average molecular weight is 180 g/mol. The van der Waals surface area contributed by atoms with Gasteiger partial charge in [0.2, 0.25) is 0 Å². The third-order valence-electron chi connectivity index (χ3n) is 2.69. The van der Waals surface area contributed by atoms with Crippen LogP contribution in [0.1, 0.15) is 43.7 Å². The molecule has 1 saturated carbocycles. The van der Waals surface area contributed by atoms with Gasteiger partial charge >= 0.3 is 0 Å². The van der Waals surface area contributed by atoms with Crippen LogP contribution in [0.2, 0.25) is 0 Å². The van der Waals surface area contributed by atoms with Crippen molar-refractivity contribution in [1.82, 2.24) is 10.2 Å². The summed E-state index contributed by atoms with van der Waals surface area (Å²) in [5.41, 5.74) is 0.571. The van der Waals surface area contributed by atoms with Gasteiger partial charge < -0.3 is 0 Å². The Balaban J connectivity index is 2.18. The maximum atomic E-state index is 13.3. The Morgan fingerprint density at radius 3 is 2.69 bits per heavy atom. The molecule has 0 atom stereocenters. The second-order valence-corrected chi connectivity index (χ2v) is 3.60. The number of rotatable bonds is 1. The van der Waals surface area contributed by atoms with Crippen molar-refractivity contribution in [3.8, 4) is 0 Å². The molecule has 2 rings (SSSR count). The van der Waals surface area contributed by atoms with Gasteiger partial charge in [-0.2, -0.15) is 10.2 Å². The minimum absolute atomic E-state index is 0.193. The van der Waals surface area contributed by atoms with Gasteiger partial charge in [0, 0.05) is 5.92 Å². The first-order valence-corrected chi connectivity index (χ1v) is 4.85. The predicted octanol–water partition coefficient (Wildman–Crippen LogP) is 2.66. The van der Waals surface area contributed by atoms with Crippen LogP contribution >= 0.6 is 0 Å². The van der Waals surface area contributed by atoms with Crippen LogP contribution in [0, 0.1) is 5.82 Å². The van der Waals surface area contributed by atoms with Crippen LogP contribution in [0.25, 0.3) is 0 Å². The number of aromatic nitrogens is 2. The van der Waals surface area contributed by atoms with Crippen LogP contribution in [0.5, 0.6) is 0 Å². The molecule has 1 aromatic rings. The second kappa shape index (κ2) is 3.81. The lowest BCUT2D eigenvalue weighted by Gasteiger charge is -2.20. The molecule has 0 radical (unpaired) electrons. The van der Waals surface area contributed by atoms with Crippen molar-refractivity contribution >= 4 is 0 Å². The topological polar surface area (TPSA) is 25.8 Å². The van der Waals surface area contributed by atoms with E-state index >= 15 is 0 Å². The smallest absolute Gasteiger partial charge is 0.148 e. The van der Waals surface area contributed by atoms with Crippen molar-refractivity contribution in [2.24, 2.45) is 0 Å². The Kier molecular flexibility index (Phi) is 2.52. The number of halogens is 1. The normalized spacial score (nSPS) is 18.8. The SMILES string of the molecule is Fc1ccnnc1C1CCCCC1. The van der Waals surface area contributed by atoms with Gasteiger partial charge in [-0.25, -0.2) is 4.39 Å². The minimum atomic E-state index is -0.193. The summed E-state index contributed by atoms with van der Waals surface area (Å²) in [5, 5.41) is 7.61. The predicted molar refractivity (Wildman–Crippen MR) is 47.8 cm³/mol. The number of nitrogens with zero attached hydrogens (tertiary/aromatic N) is 2. The lowest BCUT2D eigenvalue weighted by atomic mass is 9.87. The monoisotopic (exact) mass is 180 g/mol. The first-order valence-electron chi connectivity index (χ1n) is 4.85. The third-order valence-corrected chi connectivity index (χ3v) is 2.69. The van der Waals surface area contributed by atoms with Gasteiger partial charge in [0.05, 0.1) is 6.20 Å². The van der Waals surface area contributed by atoms with Crippen LogP contribution in [0.4, 0.5) is 4.39 Å². The quantitative estimate of drug-likeness (QED) is 0.664. The molecule has 1 heterocycles. The molecular weight excluding hydrogens is 167 g/mol. The largest absolute Gasteiger partial charge is 0.205 e. The molecule has 0 unspecified atom stereocenters. The van der Waals surface area contributed by atoms with Gasteiger partial charge in [0.25, 0.3) is 0 Å². The molecule has 0 bridgehead atoms. The molecule has 0 saturated heterocycles. The Labute approximate surface area is 77.2 Å². The van der Waals surface area contributed by atoms with E-state index in [1.54, 1.807) is 0 Å². The van der Waals surface area contributed by atoms with Gasteiger partial charge in [-0.15, -0.1) is 0 Å². The Morgan fingerprint density at radius 1 is 1.23 bits per heavy atom. The molecule has 13 heavy (non-hydrogen) atoms. The number of hydrogen-bond donors (Lipinski definition) is 0. The van der Waals surface area contributed by atoms with E-state index in [-0.39, 0.29) is 5.82 Å². The highest BCUT2D eigenvalue weighted by molar-refractivity contribution is 5.09. The molecule has 0 amide bonds. The summed E-state index contributed by atoms with van der Waals surface area (Å²) in [7, 11) is 0. The Bertz CT molecular complexity index is 282. The lowest BCUT2D eigenvalue weighted by molar-refractivity contribution is 0.417. The molecule has 1 aliphatic carbocycles. The fourth-order valence-electron chi connectivity index (χ4n) is 1.98. The molecule has 2 nitrogen and oxygen atoms in total. The van der Waals surface area contributed by atoms with Gasteiger partial charge in [-0.3, -0.25) is 0 Å². The molecule has 70 valence electrons. The maximum absolute atomic E-state index is 13.3. The number of hydrogen-bond acceptors (Lipinski definition) is 2. The van der Waals surface area contributed by atoms with Crippen molar-refractivity contribution < 1.29 is 4.39 Å². The van der Waals surface area contributed by atoms with Crippen molar-refractivity contribution in [1.29, 1.82) is 0 Å². The van der Waals surface area contributed by atoms with E-state index in [1.807, 2.05) is 0 Å². The molecule has 1 aromatic heterocycles. The molecular formula is C10H13FN2. The third kappa shape index (κ3) is 1.85. The minimum Gasteiger partial charge on any atom is -0.205 e. The highest BCUT2D eigenvalue weighted by Gasteiger charge is 2.19. The molecule has 1 aliphatic rings. The zero-order valence-corrected chi connectivity index (χ0v) is 7.54. The van der Waals surface area contributed by atoms with E-state index < -0.39 is 0 Å². The summed E-state index contributed by atoms with van der Waals surface area (Å²) in [6, 6.07) is 1.40. The van der Waals surface area contributed by atoms with E-state index in [1.165, 1.54) is 31.5 Å². The highest BCUT2D eigenvalue weighted by Crippen LogP contribution is 2.32. The zero-order chi connectivity index (χ0) is 9.10. The second-order valence-electron chi connectivity index (χ2n) is 3.60. The van der Waals surface area contributed by atoms with Crippen LogP contribution < -0.4 is 0 Å². The van der Waals surface area contributed by atoms with E-state index in [4.69, 9.17) is 0 Å². The fourth-order valence-corrected chi connectivity index (χ4v) is 1.98. The summed E-state index contributed by atoms with van der Waals surface area (Å²) in [5.74, 6) is 0.115. The first-order chi connectivity index (χ1) is 6.38. The lowest BCUT2D eigenvalue weighted by Crippen LogP contribution is -2.09. The molecule has 3 heteroatoms. The summed E-state index contributed by atoms with van der Waals surface area (Å²) in [4.78, 5) is 0. The molecule has 0 N–H and O–H groups in total. The maximum Gasteiger partial charge on any atom is 0.148 e. The van der Waals surface area contributed by atoms with E-state index in [2.05, 4.69) is 10.2 Å². The van der Waals surface area contributed by atoms with Crippen molar-refractivity contribution in [3.05, 3.63) is 23.8 Å². The highest BCUT2D eigenvalue weighted by atomic mass is 19.1. The molecule has 1 fully saturated rings. The Morgan fingerprint density at radius 2 is 2.00 bits per heavy atom. The first kappa shape index (κ1) is 8.60. The van der Waals surface area contributed by atoms with Crippen LogP contribution in [-0.2, 0) is 0 Å². The summed E-state index contributed by atoms with van der Waals surface area (Å²) in [6.07, 6.45) is 7.20. The summed E-state index contributed by atoms with van der Waals surface area (Å²) in [6.45, 7) is 0. The van der Waals surface area contributed by atoms with Crippen molar-refractivity contribution in [2.45, 2.75) is 38.0 Å². The summed E-state index contributed by atoms with van der Waals surface area (Å²) >= 11 is 0. The van der Waals surface area contributed by atoms with Gasteiger partial charge in [-0.1, -0.05) is 19.3 Å². The molecule has 0 aromatic carbocycles. The van der Waals surface area contributed by atoms with E-state index in [9.17, 15) is 4.39 Å². The standard InChI is InChI=1S/C10H13FN2/c11-9-6-7-12-13-10(9)8-4-2-1-3-5-8/h6-8H,1-5H2. The van der Waals surface area contributed by atoms with Gasteiger partial charge in [0.15, 0.2) is 0 Å². The summed E-state index contributed by atoms with van der Waals surface area (Å²) < 4.78 is 13.3. The van der Waals surface area contributed by atoms with E-state index in [0.717, 1.165) is 12.8 Å². The average Bonchev–Trinajstić information content (AvgIpc) is 2.20. The van der Waals surface area contributed by atoms with Crippen molar-refractivity contribution in [2.75, 3.05) is 0 Å². The fraction of sp³-hybridized carbons (Fsp3) is 0.600. The van der Waals surface area contributed by atoms with Gasteiger partial charge in [-0.05, 0) is 18.9 Å². The van der Waals surface area contributed by atoms with Crippen LogP contribution in [0.3, 0.4) is 0 Å². The Hall–Kier alpha value is -0.990. The van der Waals surface area contributed by atoms with Crippen LogP contribution in [-0.4, -0.2) is 10.2 Å². The van der Waals surface area contributed by atoms with Crippen LogP contribution in [0.15, 0.2) is 12.3 Å². The van der Waals surface area contributed by atoms with E-state index in [0.29, 0.717) is 11.6 Å². The molecule has 0 spiro atoms.